The van der Waals surface area contributed by atoms with Crippen LogP contribution in [0.2, 0.25) is 0 Å². The first-order valence-electron chi connectivity index (χ1n) is 4.30. The van der Waals surface area contributed by atoms with Crippen molar-refractivity contribution in [1.82, 2.24) is 9.97 Å². The highest BCUT2D eigenvalue weighted by molar-refractivity contribution is 5.77. The van der Waals surface area contributed by atoms with Crippen molar-refractivity contribution >= 4 is 10.9 Å². The summed E-state index contributed by atoms with van der Waals surface area (Å²) in [5.74, 6) is 0.372. The smallest absolute Gasteiger partial charge is 0.258 e. The van der Waals surface area contributed by atoms with Crippen molar-refractivity contribution in [3.05, 3.63) is 50.9 Å². The third kappa shape index (κ3) is 1.79. The predicted octanol–water partition coefficient (Wildman–Crippen LogP) is 1.73. The fraction of sp³-hybridized carbons (Fsp3) is 0.111. The highest BCUT2D eigenvalue weighted by Gasteiger charge is 2.01. The van der Waals surface area contributed by atoms with Crippen molar-refractivity contribution in [2.45, 2.75) is 6.54 Å². The number of aromatic amines is 1. The molecule has 15 heavy (non-hydrogen) atoms. The lowest BCUT2D eigenvalue weighted by Gasteiger charge is -1.98. The lowest BCUT2D eigenvalue weighted by atomic mass is 10.2. The fourth-order valence-corrected chi connectivity index (χ4v) is 1.31. The molecule has 1 heterocycles. The maximum Gasteiger partial charge on any atom is 0.258 e. The molecule has 0 fully saturated rings. The molecule has 1 aromatic heterocycles. The zero-order chi connectivity index (χ0) is 10.7. The molecule has 2 rings (SSSR count). The van der Waals surface area contributed by atoms with Gasteiger partial charge in [0.15, 0.2) is 0 Å². The van der Waals surface area contributed by atoms with Crippen LogP contribution in [-0.4, -0.2) is 9.97 Å². The minimum Gasteiger partial charge on any atom is -0.310 e. The summed E-state index contributed by atoms with van der Waals surface area (Å²) in [7, 11) is 0. The molecular weight excluding hydrogens is 194 g/mol. The molecule has 6 heteroatoms. The van der Waals surface area contributed by atoms with Crippen LogP contribution in [0.25, 0.3) is 21.3 Å². The molecule has 0 saturated carbocycles. The Kier molecular flexibility index (Phi) is 2.35. The SMILES string of the molecule is [N-]=[N+]=NCc1nc2ccccc2c(=O)[nH]1. The lowest BCUT2D eigenvalue weighted by molar-refractivity contribution is 0.904. The lowest BCUT2D eigenvalue weighted by Crippen LogP contribution is -2.11. The molecule has 0 atom stereocenters. The number of nitrogens with zero attached hydrogens (tertiary/aromatic N) is 4. The number of fused-ring (bicyclic) bond motifs is 1. The van der Waals surface area contributed by atoms with Gasteiger partial charge in [0.2, 0.25) is 0 Å². The molecule has 2 aromatic rings. The Labute approximate surface area is 84.2 Å². The first-order chi connectivity index (χ1) is 7.31. The van der Waals surface area contributed by atoms with Gasteiger partial charge in [-0.15, -0.1) is 0 Å². The van der Waals surface area contributed by atoms with Crippen LogP contribution in [0, 0.1) is 0 Å². The Morgan fingerprint density at radius 3 is 3.07 bits per heavy atom. The van der Waals surface area contributed by atoms with E-state index in [-0.39, 0.29) is 12.1 Å². The highest BCUT2D eigenvalue weighted by atomic mass is 16.1. The molecule has 1 aromatic carbocycles. The predicted molar refractivity (Wildman–Crippen MR) is 55.2 cm³/mol. The van der Waals surface area contributed by atoms with Crippen molar-refractivity contribution in [1.29, 1.82) is 0 Å². The molecule has 1 N–H and O–H groups in total. The molecule has 0 amide bonds. The van der Waals surface area contributed by atoms with E-state index in [1.165, 1.54) is 0 Å². The van der Waals surface area contributed by atoms with E-state index in [1.54, 1.807) is 24.3 Å². The second kappa shape index (κ2) is 3.81. The molecule has 0 unspecified atom stereocenters. The molecule has 0 bridgehead atoms. The topological polar surface area (TPSA) is 94.5 Å². The number of para-hydroxylation sites is 1. The van der Waals surface area contributed by atoms with Crippen molar-refractivity contribution in [2.75, 3.05) is 0 Å². The maximum absolute atomic E-state index is 11.5. The monoisotopic (exact) mass is 201 g/mol. The van der Waals surface area contributed by atoms with E-state index in [0.29, 0.717) is 16.7 Å². The summed E-state index contributed by atoms with van der Waals surface area (Å²) in [6, 6.07) is 7.00. The van der Waals surface area contributed by atoms with Crippen molar-refractivity contribution in [3.63, 3.8) is 0 Å². The first-order valence-corrected chi connectivity index (χ1v) is 4.30. The Morgan fingerprint density at radius 2 is 2.27 bits per heavy atom. The van der Waals surface area contributed by atoms with Gasteiger partial charge in [-0.25, -0.2) is 4.98 Å². The largest absolute Gasteiger partial charge is 0.310 e. The van der Waals surface area contributed by atoms with Crippen molar-refractivity contribution in [3.8, 4) is 0 Å². The number of nitrogens with one attached hydrogen (secondary N) is 1. The van der Waals surface area contributed by atoms with Gasteiger partial charge in [0.1, 0.15) is 5.82 Å². The molecule has 6 nitrogen and oxygen atoms in total. The van der Waals surface area contributed by atoms with E-state index in [2.05, 4.69) is 20.0 Å². The Bertz CT molecular complexity index is 597. The van der Waals surface area contributed by atoms with Crippen molar-refractivity contribution in [2.24, 2.45) is 5.11 Å². The van der Waals surface area contributed by atoms with Crippen LogP contribution in [0.3, 0.4) is 0 Å². The van der Waals surface area contributed by atoms with Crippen LogP contribution in [0.4, 0.5) is 0 Å². The van der Waals surface area contributed by atoms with Crippen LogP contribution in [0.5, 0.6) is 0 Å². The second-order valence-electron chi connectivity index (χ2n) is 2.92. The number of azide groups is 1. The minimum absolute atomic E-state index is 0.0522. The molecular formula is C9H7N5O. The third-order valence-electron chi connectivity index (χ3n) is 1.95. The van der Waals surface area contributed by atoms with Gasteiger partial charge in [0.25, 0.3) is 5.56 Å². The summed E-state index contributed by atoms with van der Waals surface area (Å²) in [5, 5.41) is 3.87. The number of hydrogen-bond donors (Lipinski definition) is 1. The summed E-state index contributed by atoms with van der Waals surface area (Å²) in [4.78, 5) is 20.8. The summed E-state index contributed by atoms with van der Waals surface area (Å²) in [6.45, 7) is 0.0522. The summed E-state index contributed by atoms with van der Waals surface area (Å²) in [6.07, 6.45) is 0. The van der Waals surface area contributed by atoms with Crippen LogP contribution in [0.1, 0.15) is 5.82 Å². The number of aromatic nitrogens is 2. The molecule has 74 valence electrons. The molecule has 0 aliphatic heterocycles. The van der Waals surface area contributed by atoms with Gasteiger partial charge in [0, 0.05) is 4.91 Å². The van der Waals surface area contributed by atoms with E-state index in [4.69, 9.17) is 5.53 Å². The number of rotatable bonds is 2. The average Bonchev–Trinajstić information content (AvgIpc) is 2.26. The third-order valence-corrected chi connectivity index (χ3v) is 1.95. The van der Waals surface area contributed by atoms with Crippen LogP contribution in [-0.2, 0) is 6.54 Å². The fourth-order valence-electron chi connectivity index (χ4n) is 1.31. The Morgan fingerprint density at radius 1 is 1.47 bits per heavy atom. The van der Waals surface area contributed by atoms with Gasteiger partial charge in [-0.2, -0.15) is 0 Å². The van der Waals surface area contributed by atoms with Crippen molar-refractivity contribution < 1.29 is 0 Å². The van der Waals surface area contributed by atoms with E-state index in [9.17, 15) is 4.79 Å². The van der Waals surface area contributed by atoms with Gasteiger partial charge in [-0.05, 0) is 17.7 Å². The normalized spacial score (nSPS) is 9.87. The van der Waals surface area contributed by atoms with E-state index < -0.39 is 0 Å². The standard InChI is InChI=1S/C9H7N5O/c10-14-11-5-8-12-7-4-2-1-3-6(7)9(15)13-8/h1-4H,5H2,(H,12,13,15). The van der Waals surface area contributed by atoms with Gasteiger partial charge in [-0.3, -0.25) is 4.79 Å². The molecule has 0 spiro atoms. The van der Waals surface area contributed by atoms with Gasteiger partial charge < -0.3 is 4.98 Å². The zero-order valence-corrected chi connectivity index (χ0v) is 7.71. The quantitative estimate of drug-likeness (QED) is 0.455. The van der Waals surface area contributed by atoms with Crippen LogP contribution in [0.15, 0.2) is 34.2 Å². The first kappa shape index (κ1) is 9.23. The van der Waals surface area contributed by atoms with Crippen LogP contribution < -0.4 is 5.56 Å². The molecule has 0 radical (unpaired) electrons. The number of H-pyrrole nitrogens is 1. The van der Waals surface area contributed by atoms with Gasteiger partial charge >= 0.3 is 0 Å². The number of benzene rings is 1. The minimum atomic E-state index is -0.219. The second-order valence-corrected chi connectivity index (χ2v) is 2.92. The number of hydrogen-bond acceptors (Lipinski definition) is 3. The highest BCUT2D eigenvalue weighted by Crippen LogP contribution is 2.05. The summed E-state index contributed by atoms with van der Waals surface area (Å²) < 4.78 is 0. The van der Waals surface area contributed by atoms with Gasteiger partial charge in [0.05, 0.1) is 17.4 Å². The summed E-state index contributed by atoms with van der Waals surface area (Å²) in [5.41, 5.74) is 8.53. The molecule has 0 aliphatic carbocycles. The van der Waals surface area contributed by atoms with E-state index in [1.807, 2.05) is 0 Å². The van der Waals surface area contributed by atoms with Crippen LogP contribution >= 0.6 is 0 Å². The Balaban J connectivity index is 2.62. The maximum atomic E-state index is 11.5. The average molecular weight is 201 g/mol. The zero-order valence-electron chi connectivity index (χ0n) is 7.71. The molecule has 0 aliphatic rings. The Hall–Kier alpha value is -2.33. The van der Waals surface area contributed by atoms with E-state index in [0.717, 1.165) is 0 Å². The van der Waals surface area contributed by atoms with Gasteiger partial charge in [-0.1, -0.05) is 17.2 Å². The molecule has 0 saturated heterocycles. The van der Waals surface area contributed by atoms with E-state index >= 15 is 0 Å². The summed E-state index contributed by atoms with van der Waals surface area (Å²) >= 11 is 0.